The molecule has 6 heteroatoms. The molecule has 2 N–H and O–H groups in total. The molecule has 2 atom stereocenters. The summed E-state index contributed by atoms with van der Waals surface area (Å²) in [5.74, 6) is -0.750. The molecule has 0 aromatic heterocycles. The highest BCUT2D eigenvalue weighted by Gasteiger charge is 2.31. The van der Waals surface area contributed by atoms with Crippen LogP contribution in [0.4, 0.5) is 4.39 Å². The van der Waals surface area contributed by atoms with Gasteiger partial charge < -0.3 is 15.2 Å². The Balaban J connectivity index is 1.59. The van der Waals surface area contributed by atoms with Crippen LogP contribution >= 0.6 is 11.6 Å². The van der Waals surface area contributed by atoms with Crippen LogP contribution in [-0.4, -0.2) is 23.7 Å². The van der Waals surface area contributed by atoms with Crippen molar-refractivity contribution in [3.63, 3.8) is 0 Å². The van der Waals surface area contributed by atoms with Gasteiger partial charge in [0.05, 0.1) is 6.10 Å². The van der Waals surface area contributed by atoms with Gasteiger partial charge in [0.1, 0.15) is 0 Å². The van der Waals surface area contributed by atoms with Gasteiger partial charge in [0, 0.05) is 29.1 Å². The minimum absolute atomic E-state index is 0.00124. The van der Waals surface area contributed by atoms with Crippen LogP contribution in [0.25, 0.3) is 0 Å². The SMILES string of the molecule is O=C(NCC(O)c1ccccc1Cl)C1Cc2cccc(F)c2O1. The summed E-state index contributed by atoms with van der Waals surface area (Å²) in [4.78, 5) is 12.1. The van der Waals surface area contributed by atoms with Gasteiger partial charge >= 0.3 is 0 Å². The molecule has 1 aliphatic heterocycles. The topological polar surface area (TPSA) is 58.6 Å². The summed E-state index contributed by atoms with van der Waals surface area (Å²) in [6.07, 6.45) is -1.41. The Kier molecular flexibility index (Phi) is 4.50. The van der Waals surface area contributed by atoms with E-state index in [0.29, 0.717) is 22.6 Å². The molecule has 120 valence electrons. The average molecular weight is 336 g/mol. The van der Waals surface area contributed by atoms with Gasteiger partial charge in [-0.1, -0.05) is 41.9 Å². The fourth-order valence-electron chi connectivity index (χ4n) is 2.54. The molecule has 2 aromatic carbocycles. The first-order valence-electron chi connectivity index (χ1n) is 7.20. The lowest BCUT2D eigenvalue weighted by atomic mass is 10.1. The number of fused-ring (bicyclic) bond motifs is 1. The minimum atomic E-state index is -0.923. The number of halogens is 2. The van der Waals surface area contributed by atoms with E-state index in [9.17, 15) is 14.3 Å². The largest absolute Gasteiger partial charge is 0.477 e. The predicted octanol–water partition coefficient (Wildman–Crippen LogP) is 2.63. The van der Waals surface area contributed by atoms with Crippen molar-refractivity contribution in [3.05, 3.63) is 64.4 Å². The fraction of sp³-hybridized carbons (Fsp3) is 0.235. The Hall–Kier alpha value is -2.11. The summed E-state index contributed by atoms with van der Waals surface area (Å²) in [7, 11) is 0. The lowest BCUT2D eigenvalue weighted by Gasteiger charge is -2.16. The second kappa shape index (κ2) is 6.56. The van der Waals surface area contributed by atoms with E-state index in [1.54, 1.807) is 36.4 Å². The first kappa shape index (κ1) is 15.8. The van der Waals surface area contributed by atoms with E-state index in [-0.39, 0.29) is 12.3 Å². The van der Waals surface area contributed by atoms with Crippen molar-refractivity contribution >= 4 is 17.5 Å². The normalized spacial score (nSPS) is 17.3. The number of ether oxygens (including phenoxy) is 1. The van der Waals surface area contributed by atoms with Gasteiger partial charge in [-0.25, -0.2) is 4.39 Å². The first-order valence-corrected chi connectivity index (χ1v) is 7.58. The number of aliphatic hydroxyl groups excluding tert-OH is 1. The maximum atomic E-state index is 13.6. The highest BCUT2D eigenvalue weighted by atomic mass is 35.5. The van der Waals surface area contributed by atoms with E-state index in [2.05, 4.69) is 5.32 Å². The summed E-state index contributed by atoms with van der Waals surface area (Å²) in [6.45, 7) is 0.00124. The van der Waals surface area contributed by atoms with E-state index in [1.165, 1.54) is 6.07 Å². The zero-order valence-corrected chi connectivity index (χ0v) is 12.9. The summed E-state index contributed by atoms with van der Waals surface area (Å²) in [6, 6.07) is 11.5. The maximum Gasteiger partial charge on any atom is 0.261 e. The molecule has 23 heavy (non-hydrogen) atoms. The van der Waals surface area contributed by atoms with Crippen LogP contribution in [0, 0.1) is 5.82 Å². The first-order chi connectivity index (χ1) is 11.1. The monoisotopic (exact) mass is 335 g/mol. The number of amides is 1. The molecular weight excluding hydrogens is 321 g/mol. The number of carbonyl (C=O) groups excluding carboxylic acids is 1. The molecule has 3 rings (SSSR count). The van der Waals surface area contributed by atoms with Crippen LogP contribution < -0.4 is 10.1 Å². The quantitative estimate of drug-likeness (QED) is 0.903. The zero-order chi connectivity index (χ0) is 16.4. The molecule has 0 aliphatic carbocycles. The van der Waals surface area contributed by atoms with Crippen molar-refractivity contribution in [2.45, 2.75) is 18.6 Å². The van der Waals surface area contributed by atoms with Gasteiger partial charge in [-0.05, 0) is 12.1 Å². The number of aliphatic hydroxyl groups is 1. The molecule has 0 bridgehead atoms. The number of hydrogen-bond donors (Lipinski definition) is 2. The Morgan fingerprint density at radius 3 is 2.87 bits per heavy atom. The molecule has 0 spiro atoms. The van der Waals surface area contributed by atoms with E-state index < -0.39 is 23.9 Å². The second-order valence-corrected chi connectivity index (χ2v) is 5.73. The van der Waals surface area contributed by atoms with Gasteiger partial charge in [-0.15, -0.1) is 0 Å². The third-order valence-electron chi connectivity index (χ3n) is 3.74. The molecule has 1 heterocycles. The number of carbonyl (C=O) groups is 1. The molecule has 0 saturated heterocycles. The second-order valence-electron chi connectivity index (χ2n) is 5.32. The molecule has 2 unspecified atom stereocenters. The number of hydrogen-bond acceptors (Lipinski definition) is 3. The molecule has 1 amide bonds. The van der Waals surface area contributed by atoms with Crippen LogP contribution in [0.3, 0.4) is 0 Å². The van der Waals surface area contributed by atoms with Gasteiger partial charge in [0.25, 0.3) is 5.91 Å². The number of nitrogens with one attached hydrogen (secondary N) is 1. The summed E-state index contributed by atoms with van der Waals surface area (Å²) < 4.78 is 19.0. The van der Waals surface area contributed by atoms with Crippen LogP contribution in [0.2, 0.25) is 5.02 Å². The van der Waals surface area contributed by atoms with Crippen molar-refractivity contribution in [2.24, 2.45) is 0 Å². The van der Waals surface area contributed by atoms with Crippen molar-refractivity contribution in [2.75, 3.05) is 6.54 Å². The van der Waals surface area contributed by atoms with Crippen LogP contribution in [-0.2, 0) is 11.2 Å². The molecular formula is C17H15ClFNO3. The molecule has 0 fully saturated rings. The Morgan fingerprint density at radius 1 is 1.35 bits per heavy atom. The molecule has 1 aliphatic rings. The molecule has 0 saturated carbocycles. The summed E-state index contributed by atoms with van der Waals surface area (Å²) in [5, 5.41) is 13.2. The number of para-hydroxylation sites is 1. The van der Waals surface area contributed by atoms with Gasteiger partial charge in [-0.2, -0.15) is 0 Å². The van der Waals surface area contributed by atoms with Crippen molar-refractivity contribution < 1.29 is 19.0 Å². The van der Waals surface area contributed by atoms with Crippen molar-refractivity contribution in [1.29, 1.82) is 0 Å². The lowest BCUT2D eigenvalue weighted by Crippen LogP contribution is -2.39. The molecule has 0 radical (unpaired) electrons. The molecule has 4 nitrogen and oxygen atoms in total. The van der Waals surface area contributed by atoms with E-state index >= 15 is 0 Å². The average Bonchev–Trinajstić information content (AvgIpc) is 2.98. The fourth-order valence-corrected chi connectivity index (χ4v) is 2.80. The van der Waals surface area contributed by atoms with Crippen molar-refractivity contribution in [1.82, 2.24) is 5.32 Å². The van der Waals surface area contributed by atoms with Gasteiger partial charge in [0.15, 0.2) is 17.7 Å². The minimum Gasteiger partial charge on any atom is -0.477 e. The zero-order valence-electron chi connectivity index (χ0n) is 12.1. The van der Waals surface area contributed by atoms with E-state index in [1.807, 2.05) is 0 Å². The Morgan fingerprint density at radius 2 is 2.13 bits per heavy atom. The summed E-state index contributed by atoms with van der Waals surface area (Å²) >= 11 is 6.00. The van der Waals surface area contributed by atoms with Crippen LogP contribution in [0.5, 0.6) is 5.75 Å². The van der Waals surface area contributed by atoms with E-state index in [0.717, 1.165) is 0 Å². The third kappa shape index (κ3) is 3.30. The highest BCUT2D eigenvalue weighted by molar-refractivity contribution is 6.31. The number of rotatable bonds is 4. The van der Waals surface area contributed by atoms with Crippen LogP contribution in [0.15, 0.2) is 42.5 Å². The van der Waals surface area contributed by atoms with Crippen LogP contribution in [0.1, 0.15) is 17.2 Å². The Bertz CT molecular complexity index is 738. The maximum absolute atomic E-state index is 13.6. The van der Waals surface area contributed by atoms with Crippen molar-refractivity contribution in [3.8, 4) is 5.75 Å². The smallest absolute Gasteiger partial charge is 0.261 e. The predicted molar refractivity (Wildman–Crippen MR) is 83.9 cm³/mol. The third-order valence-corrected chi connectivity index (χ3v) is 4.08. The standard InChI is InChI=1S/C17H15ClFNO3/c18-12-6-2-1-5-11(12)14(21)9-20-17(22)15-8-10-4-3-7-13(19)16(10)23-15/h1-7,14-15,21H,8-9H2,(H,20,22). The van der Waals surface area contributed by atoms with Gasteiger partial charge in [0.2, 0.25) is 0 Å². The summed E-state index contributed by atoms with van der Waals surface area (Å²) in [5.41, 5.74) is 1.20. The van der Waals surface area contributed by atoms with Gasteiger partial charge in [-0.3, -0.25) is 4.79 Å². The highest BCUT2D eigenvalue weighted by Crippen LogP contribution is 2.31. The Labute approximate surface area is 137 Å². The lowest BCUT2D eigenvalue weighted by molar-refractivity contribution is -0.127. The number of benzene rings is 2. The van der Waals surface area contributed by atoms with E-state index in [4.69, 9.17) is 16.3 Å². The molecule has 2 aromatic rings.